The number of piperazine rings is 1. The molecule has 3 aromatic rings. The number of aromatic nitrogens is 1. The molecule has 0 bridgehead atoms. The predicted molar refractivity (Wildman–Crippen MR) is 111 cm³/mol. The molecule has 1 amide bonds. The molecule has 0 saturated carbocycles. The van der Waals surface area contributed by atoms with Crippen LogP contribution in [0.4, 0.5) is 16.0 Å². The summed E-state index contributed by atoms with van der Waals surface area (Å²) in [6, 6.07) is 11.2. The average molecular weight is 435 g/mol. The molecular formula is C20H17Cl2FN4O2. The van der Waals surface area contributed by atoms with Gasteiger partial charge in [0.05, 0.1) is 10.0 Å². The molecule has 1 aliphatic heterocycles. The number of nitrogen functional groups attached to an aromatic ring is 1. The summed E-state index contributed by atoms with van der Waals surface area (Å²) in [5, 5.41) is 4.85. The third kappa shape index (κ3) is 3.88. The normalized spacial score (nSPS) is 14.3. The molecule has 6 nitrogen and oxygen atoms in total. The molecule has 1 aromatic heterocycles. The Morgan fingerprint density at radius 3 is 2.52 bits per heavy atom. The van der Waals surface area contributed by atoms with E-state index in [9.17, 15) is 9.18 Å². The van der Waals surface area contributed by atoms with E-state index in [4.69, 9.17) is 33.5 Å². The number of amides is 1. The molecular weight excluding hydrogens is 418 g/mol. The molecule has 2 heterocycles. The van der Waals surface area contributed by atoms with Crippen LogP contribution in [0.15, 0.2) is 47.0 Å². The molecule has 1 fully saturated rings. The van der Waals surface area contributed by atoms with E-state index < -0.39 is 5.82 Å². The van der Waals surface area contributed by atoms with E-state index in [2.05, 4.69) is 10.1 Å². The van der Waals surface area contributed by atoms with E-state index in [1.54, 1.807) is 29.2 Å². The first kappa shape index (κ1) is 19.5. The largest absolute Gasteiger partial charge is 0.368 e. The maximum absolute atomic E-state index is 13.6. The molecule has 4 rings (SSSR count). The van der Waals surface area contributed by atoms with Gasteiger partial charge in [-0.25, -0.2) is 4.39 Å². The fraction of sp³-hybridized carbons (Fsp3) is 0.200. The van der Waals surface area contributed by atoms with E-state index in [1.165, 1.54) is 12.1 Å². The van der Waals surface area contributed by atoms with Gasteiger partial charge >= 0.3 is 0 Å². The lowest BCUT2D eigenvalue weighted by Crippen LogP contribution is -2.49. The summed E-state index contributed by atoms with van der Waals surface area (Å²) in [6.45, 7) is 2.19. The fourth-order valence-corrected chi connectivity index (χ4v) is 3.64. The first-order valence-electron chi connectivity index (χ1n) is 8.94. The van der Waals surface area contributed by atoms with Crippen LogP contribution in [0.25, 0.3) is 11.3 Å². The predicted octanol–water partition coefficient (Wildman–Crippen LogP) is 4.33. The number of carbonyl (C=O) groups is 1. The Morgan fingerprint density at radius 1 is 1.07 bits per heavy atom. The highest BCUT2D eigenvalue weighted by molar-refractivity contribution is 6.42. The summed E-state index contributed by atoms with van der Waals surface area (Å²) in [5.41, 5.74) is 7.63. The fourth-order valence-electron chi connectivity index (χ4n) is 3.35. The van der Waals surface area contributed by atoms with E-state index in [1.807, 2.05) is 6.07 Å². The van der Waals surface area contributed by atoms with Crippen LogP contribution in [-0.4, -0.2) is 42.1 Å². The zero-order valence-electron chi connectivity index (χ0n) is 15.2. The SMILES string of the molecule is Nc1onc(-c2cccc(F)c2)c1C(=O)N1CCN(c2ccc(Cl)c(Cl)c2)CC1. The van der Waals surface area contributed by atoms with Crippen molar-refractivity contribution in [3.05, 3.63) is 63.9 Å². The van der Waals surface area contributed by atoms with Gasteiger partial charge in [0, 0.05) is 37.4 Å². The second-order valence-electron chi connectivity index (χ2n) is 6.66. The number of anilines is 2. The summed E-state index contributed by atoms with van der Waals surface area (Å²) in [5.74, 6) is -0.810. The molecule has 1 saturated heterocycles. The van der Waals surface area contributed by atoms with Crippen LogP contribution in [0.1, 0.15) is 10.4 Å². The highest BCUT2D eigenvalue weighted by Gasteiger charge is 2.29. The van der Waals surface area contributed by atoms with Crippen LogP contribution < -0.4 is 10.6 Å². The minimum Gasteiger partial charge on any atom is -0.368 e. The summed E-state index contributed by atoms with van der Waals surface area (Å²) in [7, 11) is 0. The first-order valence-corrected chi connectivity index (χ1v) is 9.70. The maximum Gasteiger partial charge on any atom is 0.261 e. The Labute approximate surface area is 176 Å². The highest BCUT2D eigenvalue weighted by Crippen LogP contribution is 2.30. The zero-order chi connectivity index (χ0) is 20.5. The van der Waals surface area contributed by atoms with Crippen molar-refractivity contribution in [1.29, 1.82) is 0 Å². The van der Waals surface area contributed by atoms with Gasteiger partial charge in [0.25, 0.3) is 5.91 Å². The monoisotopic (exact) mass is 434 g/mol. The molecule has 150 valence electrons. The Hall–Kier alpha value is -2.77. The number of nitrogens with two attached hydrogens (primary N) is 1. The smallest absolute Gasteiger partial charge is 0.261 e. The number of benzene rings is 2. The Bertz CT molecular complexity index is 1060. The molecule has 2 aromatic carbocycles. The number of hydrogen-bond acceptors (Lipinski definition) is 5. The van der Waals surface area contributed by atoms with E-state index in [0.29, 0.717) is 41.8 Å². The van der Waals surface area contributed by atoms with Crippen molar-refractivity contribution < 1.29 is 13.7 Å². The Balaban J connectivity index is 1.52. The number of hydrogen-bond donors (Lipinski definition) is 1. The van der Waals surface area contributed by atoms with Crippen LogP contribution in [0.3, 0.4) is 0 Å². The molecule has 0 spiro atoms. The van der Waals surface area contributed by atoms with Gasteiger partial charge in [-0.3, -0.25) is 4.79 Å². The van der Waals surface area contributed by atoms with Crippen LogP contribution in [0.5, 0.6) is 0 Å². The average Bonchev–Trinajstić information content (AvgIpc) is 3.11. The summed E-state index contributed by atoms with van der Waals surface area (Å²) in [6.07, 6.45) is 0. The molecule has 29 heavy (non-hydrogen) atoms. The summed E-state index contributed by atoms with van der Waals surface area (Å²) < 4.78 is 18.6. The van der Waals surface area contributed by atoms with Crippen LogP contribution in [-0.2, 0) is 0 Å². The van der Waals surface area contributed by atoms with Crippen molar-refractivity contribution in [2.75, 3.05) is 36.8 Å². The van der Waals surface area contributed by atoms with Gasteiger partial charge in [0.2, 0.25) is 5.88 Å². The van der Waals surface area contributed by atoms with Crippen molar-refractivity contribution in [2.24, 2.45) is 0 Å². The minimum atomic E-state index is -0.433. The van der Waals surface area contributed by atoms with Crippen LogP contribution >= 0.6 is 23.2 Å². The molecule has 1 aliphatic rings. The van der Waals surface area contributed by atoms with Crippen molar-refractivity contribution >= 4 is 40.7 Å². The Morgan fingerprint density at radius 2 is 1.83 bits per heavy atom. The van der Waals surface area contributed by atoms with E-state index >= 15 is 0 Å². The minimum absolute atomic E-state index is 0.0822. The third-order valence-corrected chi connectivity index (χ3v) is 5.60. The molecule has 0 atom stereocenters. The van der Waals surface area contributed by atoms with E-state index in [0.717, 1.165) is 5.69 Å². The lowest BCUT2D eigenvalue weighted by molar-refractivity contribution is 0.0748. The van der Waals surface area contributed by atoms with Crippen molar-refractivity contribution in [3.8, 4) is 11.3 Å². The third-order valence-electron chi connectivity index (χ3n) is 4.87. The van der Waals surface area contributed by atoms with Crippen molar-refractivity contribution in [1.82, 2.24) is 10.1 Å². The van der Waals surface area contributed by atoms with Gasteiger partial charge in [-0.05, 0) is 30.3 Å². The van der Waals surface area contributed by atoms with Crippen molar-refractivity contribution in [2.45, 2.75) is 0 Å². The first-order chi connectivity index (χ1) is 13.9. The zero-order valence-corrected chi connectivity index (χ0v) is 16.8. The number of carbonyl (C=O) groups excluding carboxylic acids is 1. The number of halogens is 3. The molecule has 9 heteroatoms. The Kier molecular flexibility index (Phi) is 5.34. The highest BCUT2D eigenvalue weighted by atomic mass is 35.5. The lowest BCUT2D eigenvalue weighted by atomic mass is 10.1. The van der Waals surface area contributed by atoms with Gasteiger partial charge in [-0.2, -0.15) is 0 Å². The van der Waals surface area contributed by atoms with Gasteiger partial charge < -0.3 is 20.1 Å². The van der Waals surface area contributed by atoms with Gasteiger partial charge in [0.15, 0.2) is 0 Å². The van der Waals surface area contributed by atoms with Gasteiger partial charge in [-0.15, -0.1) is 0 Å². The van der Waals surface area contributed by atoms with Gasteiger partial charge in [-0.1, -0.05) is 40.5 Å². The molecule has 0 radical (unpaired) electrons. The standard InChI is InChI=1S/C20H17Cl2FN4O2/c21-15-5-4-14(11-16(15)22)26-6-8-27(9-7-26)20(28)17-18(25-29-19(17)24)12-2-1-3-13(23)10-12/h1-5,10-11H,6-9,24H2. The van der Waals surface area contributed by atoms with Crippen LogP contribution in [0.2, 0.25) is 10.0 Å². The van der Waals surface area contributed by atoms with E-state index in [-0.39, 0.29) is 23.0 Å². The maximum atomic E-state index is 13.6. The quantitative estimate of drug-likeness (QED) is 0.663. The second-order valence-corrected chi connectivity index (χ2v) is 7.47. The summed E-state index contributed by atoms with van der Waals surface area (Å²) >= 11 is 12.1. The molecule has 2 N–H and O–H groups in total. The summed E-state index contributed by atoms with van der Waals surface area (Å²) in [4.78, 5) is 16.9. The number of nitrogens with zero attached hydrogens (tertiary/aromatic N) is 3. The second kappa shape index (κ2) is 7.93. The number of rotatable bonds is 3. The van der Waals surface area contributed by atoms with Gasteiger partial charge in [0.1, 0.15) is 17.1 Å². The van der Waals surface area contributed by atoms with Crippen molar-refractivity contribution in [3.63, 3.8) is 0 Å². The lowest BCUT2D eigenvalue weighted by Gasteiger charge is -2.36. The molecule has 0 unspecified atom stereocenters. The molecule has 0 aliphatic carbocycles. The topological polar surface area (TPSA) is 75.6 Å². The van der Waals surface area contributed by atoms with Crippen LogP contribution in [0, 0.1) is 5.82 Å².